The molecule has 0 N–H and O–H groups in total. The zero-order chi connectivity index (χ0) is 19.1. The second-order valence-electron chi connectivity index (χ2n) is 6.09. The van der Waals surface area contributed by atoms with Crippen LogP contribution in [0.1, 0.15) is 24.2 Å². The van der Waals surface area contributed by atoms with Gasteiger partial charge in [-0.2, -0.15) is 4.99 Å². The summed E-state index contributed by atoms with van der Waals surface area (Å²) in [7, 11) is -1.50. The highest BCUT2D eigenvalue weighted by Crippen LogP contribution is 2.22. The maximum Gasteiger partial charge on any atom is 0.279 e. The lowest BCUT2D eigenvalue weighted by molar-refractivity contribution is 0.0998. The van der Waals surface area contributed by atoms with Crippen LogP contribution in [-0.4, -0.2) is 24.1 Å². The number of carbonyl (C=O) groups is 1. The highest BCUT2D eigenvalue weighted by molar-refractivity contribution is 9.10. The van der Waals surface area contributed by atoms with Crippen molar-refractivity contribution in [2.24, 2.45) is 12.0 Å². The summed E-state index contributed by atoms with van der Waals surface area (Å²) in [6.07, 6.45) is 0. The SMILES string of the molecule is CC(C)S(=O)(=O)c1ccc(C(=O)N=c2sc3cc(Br)ccc3n2C)cc1. The van der Waals surface area contributed by atoms with Gasteiger partial charge in [0, 0.05) is 17.1 Å². The van der Waals surface area contributed by atoms with Crippen molar-refractivity contribution < 1.29 is 13.2 Å². The van der Waals surface area contributed by atoms with Crippen LogP contribution in [0.3, 0.4) is 0 Å². The van der Waals surface area contributed by atoms with Crippen molar-refractivity contribution in [3.05, 3.63) is 57.3 Å². The van der Waals surface area contributed by atoms with Crippen LogP contribution in [-0.2, 0) is 16.9 Å². The molecule has 2 aromatic carbocycles. The summed E-state index contributed by atoms with van der Waals surface area (Å²) >= 11 is 4.86. The van der Waals surface area contributed by atoms with E-state index >= 15 is 0 Å². The minimum atomic E-state index is -3.35. The molecule has 3 aromatic rings. The number of rotatable bonds is 3. The quantitative estimate of drug-likeness (QED) is 0.604. The fraction of sp³-hybridized carbons (Fsp3) is 0.222. The second kappa shape index (κ2) is 7.09. The van der Waals surface area contributed by atoms with E-state index in [2.05, 4.69) is 20.9 Å². The first kappa shape index (κ1) is 19.0. The van der Waals surface area contributed by atoms with Gasteiger partial charge >= 0.3 is 0 Å². The van der Waals surface area contributed by atoms with Crippen LogP contribution in [0.4, 0.5) is 0 Å². The van der Waals surface area contributed by atoms with Gasteiger partial charge in [-0.1, -0.05) is 27.3 Å². The van der Waals surface area contributed by atoms with Crippen molar-refractivity contribution in [3.8, 4) is 0 Å². The molecule has 0 aliphatic heterocycles. The largest absolute Gasteiger partial charge is 0.319 e. The minimum absolute atomic E-state index is 0.210. The van der Waals surface area contributed by atoms with Gasteiger partial charge in [-0.05, 0) is 56.3 Å². The highest BCUT2D eigenvalue weighted by atomic mass is 79.9. The zero-order valence-electron chi connectivity index (χ0n) is 14.4. The third-order valence-electron chi connectivity index (χ3n) is 4.02. The number of carbonyl (C=O) groups excluding carboxylic acids is 1. The van der Waals surface area contributed by atoms with E-state index in [-0.39, 0.29) is 4.90 Å². The van der Waals surface area contributed by atoms with Gasteiger partial charge in [0.05, 0.1) is 20.4 Å². The maximum absolute atomic E-state index is 12.5. The highest BCUT2D eigenvalue weighted by Gasteiger charge is 2.19. The Labute approximate surface area is 164 Å². The van der Waals surface area contributed by atoms with Crippen LogP contribution in [0.25, 0.3) is 10.2 Å². The van der Waals surface area contributed by atoms with E-state index in [1.54, 1.807) is 13.8 Å². The molecule has 136 valence electrons. The minimum Gasteiger partial charge on any atom is -0.319 e. The summed E-state index contributed by atoms with van der Waals surface area (Å²) in [4.78, 5) is 17.5. The van der Waals surface area contributed by atoms with Crippen LogP contribution in [0.15, 0.2) is 56.8 Å². The van der Waals surface area contributed by atoms with Crippen molar-refractivity contribution in [1.82, 2.24) is 4.57 Å². The summed E-state index contributed by atoms with van der Waals surface area (Å²) in [6, 6.07) is 11.8. The van der Waals surface area contributed by atoms with Gasteiger partial charge in [0.2, 0.25) is 0 Å². The van der Waals surface area contributed by atoms with Crippen LogP contribution in [0.5, 0.6) is 0 Å². The number of aryl methyl sites for hydroxylation is 1. The third-order valence-corrected chi connectivity index (χ3v) is 7.78. The molecule has 5 nitrogen and oxygen atoms in total. The maximum atomic E-state index is 12.5. The molecule has 0 atom stereocenters. The molecule has 0 aliphatic carbocycles. The Kier molecular flexibility index (Phi) is 5.18. The van der Waals surface area contributed by atoms with Crippen LogP contribution in [0.2, 0.25) is 0 Å². The monoisotopic (exact) mass is 452 g/mol. The number of aromatic nitrogens is 1. The van der Waals surface area contributed by atoms with E-state index in [1.165, 1.54) is 35.6 Å². The van der Waals surface area contributed by atoms with Gasteiger partial charge in [-0.25, -0.2) is 8.42 Å². The molecule has 1 amide bonds. The molecule has 0 radical (unpaired) electrons. The Morgan fingerprint density at radius 1 is 1.15 bits per heavy atom. The summed E-state index contributed by atoms with van der Waals surface area (Å²) in [5.74, 6) is -0.403. The van der Waals surface area contributed by atoms with Crippen molar-refractivity contribution in [2.75, 3.05) is 0 Å². The third kappa shape index (κ3) is 3.54. The number of amides is 1. The topological polar surface area (TPSA) is 68.5 Å². The van der Waals surface area contributed by atoms with Gasteiger partial charge in [-0.15, -0.1) is 0 Å². The molecule has 0 aliphatic rings. The molecule has 3 rings (SSSR count). The van der Waals surface area contributed by atoms with Crippen molar-refractivity contribution in [1.29, 1.82) is 0 Å². The van der Waals surface area contributed by atoms with Gasteiger partial charge in [0.15, 0.2) is 14.6 Å². The number of hydrogen-bond donors (Lipinski definition) is 0. The number of halogens is 1. The lowest BCUT2D eigenvalue weighted by Gasteiger charge is -2.07. The molecule has 0 saturated carbocycles. The van der Waals surface area contributed by atoms with E-state index in [1.807, 2.05) is 29.8 Å². The average molecular weight is 453 g/mol. The lowest BCUT2D eigenvalue weighted by atomic mass is 10.2. The van der Waals surface area contributed by atoms with E-state index in [0.717, 1.165) is 14.7 Å². The Balaban J connectivity index is 1.98. The predicted molar refractivity (Wildman–Crippen MR) is 107 cm³/mol. The molecule has 0 fully saturated rings. The first-order chi connectivity index (χ1) is 12.2. The molecule has 0 spiro atoms. The zero-order valence-corrected chi connectivity index (χ0v) is 17.7. The summed E-state index contributed by atoms with van der Waals surface area (Å²) in [5.41, 5.74) is 1.34. The normalized spacial score (nSPS) is 12.9. The Bertz CT molecular complexity index is 1160. The number of fused-ring (bicyclic) bond motifs is 1. The standard InChI is InChI=1S/C18H17BrN2O3S2/c1-11(2)26(23,24)14-7-4-12(5-8-14)17(22)20-18-21(3)15-9-6-13(19)10-16(15)25-18/h4-11H,1-3H3. The fourth-order valence-corrected chi connectivity index (χ4v) is 5.05. The second-order valence-corrected chi connectivity index (χ2v) is 10.5. The molecule has 0 bridgehead atoms. The molecular weight excluding hydrogens is 436 g/mol. The van der Waals surface area contributed by atoms with E-state index in [4.69, 9.17) is 0 Å². The molecule has 0 saturated heterocycles. The Morgan fingerprint density at radius 2 is 1.81 bits per heavy atom. The van der Waals surface area contributed by atoms with Crippen molar-refractivity contribution in [3.63, 3.8) is 0 Å². The van der Waals surface area contributed by atoms with Crippen molar-refractivity contribution in [2.45, 2.75) is 24.0 Å². The molecule has 1 aromatic heterocycles. The van der Waals surface area contributed by atoms with Crippen LogP contribution in [0, 0.1) is 0 Å². The lowest BCUT2D eigenvalue weighted by Crippen LogP contribution is -2.15. The average Bonchev–Trinajstić information content (AvgIpc) is 2.89. The number of thiazole rings is 1. The summed E-state index contributed by atoms with van der Waals surface area (Å²) in [6.45, 7) is 3.26. The first-order valence-corrected chi connectivity index (χ1v) is 11.0. The number of hydrogen-bond acceptors (Lipinski definition) is 4. The predicted octanol–water partition coefficient (Wildman–Crippen LogP) is 3.93. The first-order valence-electron chi connectivity index (χ1n) is 7.88. The van der Waals surface area contributed by atoms with E-state index in [9.17, 15) is 13.2 Å². The van der Waals surface area contributed by atoms with Gasteiger partial charge in [0.1, 0.15) is 0 Å². The van der Waals surface area contributed by atoms with Crippen LogP contribution >= 0.6 is 27.3 Å². The molecule has 0 unspecified atom stereocenters. The van der Waals surface area contributed by atoms with Gasteiger partial charge in [0.25, 0.3) is 5.91 Å². The van der Waals surface area contributed by atoms with E-state index < -0.39 is 21.0 Å². The van der Waals surface area contributed by atoms with E-state index in [0.29, 0.717) is 10.4 Å². The van der Waals surface area contributed by atoms with Gasteiger partial charge < -0.3 is 4.57 Å². The Morgan fingerprint density at radius 3 is 2.42 bits per heavy atom. The number of nitrogens with zero attached hydrogens (tertiary/aromatic N) is 2. The smallest absolute Gasteiger partial charge is 0.279 e. The molecular formula is C18H17BrN2O3S2. The number of benzene rings is 2. The molecule has 1 heterocycles. The molecule has 8 heteroatoms. The number of sulfone groups is 1. The fourth-order valence-electron chi connectivity index (χ4n) is 2.43. The molecule has 26 heavy (non-hydrogen) atoms. The summed E-state index contributed by atoms with van der Waals surface area (Å²) in [5, 5.41) is -0.509. The van der Waals surface area contributed by atoms with Crippen LogP contribution < -0.4 is 4.80 Å². The van der Waals surface area contributed by atoms with Crippen molar-refractivity contribution >= 4 is 53.2 Å². The Hall–Kier alpha value is -1.77. The summed E-state index contributed by atoms with van der Waals surface area (Å²) < 4.78 is 28.2. The van der Waals surface area contributed by atoms with Gasteiger partial charge in [-0.3, -0.25) is 4.79 Å².